The van der Waals surface area contributed by atoms with E-state index in [2.05, 4.69) is 20.2 Å². The van der Waals surface area contributed by atoms with Crippen molar-refractivity contribution >= 4 is 21.5 Å². The molecule has 31 heavy (non-hydrogen) atoms. The Balaban J connectivity index is 1.50. The molecular formula is C21H21F2N5O2S. The van der Waals surface area contributed by atoms with Gasteiger partial charge in [0.05, 0.1) is 0 Å². The van der Waals surface area contributed by atoms with Gasteiger partial charge >= 0.3 is 0 Å². The fourth-order valence-electron chi connectivity index (χ4n) is 3.32. The van der Waals surface area contributed by atoms with Gasteiger partial charge < -0.3 is 5.32 Å². The van der Waals surface area contributed by atoms with Crippen molar-refractivity contribution in [3.8, 4) is 0 Å². The monoisotopic (exact) mass is 445 g/mol. The van der Waals surface area contributed by atoms with Gasteiger partial charge in [-0.05, 0) is 48.8 Å². The summed E-state index contributed by atoms with van der Waals surface area (Å²) in [7, 11) is -4.50. The highest BCUT2D eigenvalue weighted by molar-refractivity contribution is 7.92. The number of likely N-dealkylation sites (tertiary alicyclic amines) is 1. The first kappa shape index (κ1) is 21.1. The third-order valence-electron chi connectivity index (χ3n) is 5.03. The van der Waals surface area contributed by atoms with E-state index in [1.54, 1.807) is 0 Å². The van der Waals surface area contributed by atoms with Gasteiger partial charge in [-0.15, -0.1) is 0 Å². The molecule has 1 fully saturated rings. The number of nitrogens with zero attached hydrogens (tertiary/aromatic N) is 3. The maximum atomic E-state index is 14.6. The number of aromatic nitrogens is 2. The van der Waals surface area contributed by atoms with Gasteiger partial charge in [-0.25, -0.2) is 27.2 Å². The summed E-state index contributed by atoms with van der Waals surface area (Å²) in [6, 6.07) is 11.1. The van der Waals surface area contributed by atoms with Crippen LogP contribution in [0.4, 0.5) is 20.3 Å². The van der Waals surface area contributed by atoms with Crippen LogP contribution in [0, 0.1) is 11.6 Å². The predicted octanol–water partition coefficient (Wildman–Crippen LogP) is 3.37. The largest absolute Gasteiger partial charge is 0.381 e. The Hall–Kier alpha value is -3.11. The Morgan fingerprint density at radius 3 is 2.35 bits per heavy atom. The maximum Gasteiger partial charge on any atom is 0.268 e. The standard InChI is InChI=1S/C21H21F2N5O2S/c22-18-10-17(25-12-15-4-1-2-5-16(15)13-28-8-3-9-28)11-19(23)21(18)31(29,30)27-20-6-7-24-14-26-20/h1-2,4-7,10-11,14,25H,3,8-9,12-13H2,(H,24,26,27). The smallest absolute Gasteiger partial charge is 0.268 e. The van der Waals surface area contributed by atoms with E-state index in [1.165, 1.54) is 18.7 Å². The van der Waals surface area contributed by atoms with E-state index in [1.807, 2.05) is 29.0 Å². The fraction of sp³-hybridized carbons (Fsp3) is 0.238. The highest BCUT2D eigenvalue weighted by Gasteiger charge is 2.25. The molecule has 0 radical (unpaired) electrons. The molecule has 2 heterocycles. The molecule has 1 saturated heterocycles. The lowest BCUT2D eigenvalue weighted by molar-refractivity contribution is 0.172. The topological polar surface area (TPSA) is 87.2 Å². The summed E-state index contributed by atoms with van der Waals surface area (Å²) in [4.78, 5) is 8.63. The summed E-state index contributed by atoms with van der Waals surface area (Å²) in [6.45, 7) is 3.31. The van der Waals surface area contributed by atoms with Crippen molar-refractivity contribution in [2.45, 2.75) is 24.4 Å². The Bertz CT molecular complexity index is 1150. The van der Waals surface area contributed by atoms with Crippen LogP contribution < -0.4 is 10.0 Å². The van der Waals surface area contributed by atoms with Gasteiger partial charge in [0, 0.05) is 25.0 Å². The Morgan fingerprint density at radius 1 is 1.03 bits per heavy atom. The maximum absolute atomic E-state index is 14.6. The van der Waals surface area contributed by atoms with Gasteiger partial charge in [0.25, 0.3) is 10.0 Å². The van der Waals surface area contributed by atoms with Crippen molar-refractivity contribution in [3.63, 3.8) is 0 Å². The number of halogens is 2. The molecule has 1 aromatic heterocycles. The molecule has 2 N–H and O–H groups in total. The molecule has 1 aliphatic rings. The van der Waals surface area contributed by atoms with E-state index < -0.39 is 26.6 Å². The van der Waals surface area contributed by atoms with Crippen molar-refractivity contribution in [2.24, 2.45) is 0 Å². The average Bonchev–Trinajstić information content (AvgIpc) is 2.69. The van der Waals surface area contributed by atoms with Crippen molar-refractivity contribution < 1.29 is 17.2 Å². The molecular weight excluding hydrogens is 424 g/mol. The summed E-state index contributed by atoms with van der Waals surface area (Å²) >= 11 is 0. The van der Waals surface area contributed by atoms with E-state index in [0.29, 0.717) is 6.54 Å². The van der Waals surface area contributed by atoms with Gasteiger partial charge in [-0.1, -0.05) is 24.3 Å². The fourth-order valence-corrected chi connectivity index (χ4v) is 4.45. The molecule has 0 atom stereocenters. The van der Waals surface area contributed by atoms with Crippen LogP contribution >= 0.6 is 0 Å². The van der Waals surface area contributed by atoms with Gasteiger partial charge in [0.15, 0.2) is 4.90 Å². The third kappa shape index (κ3) is 4.97. The minimum atomic E-state index is -4.50. The molecule has 2 aromatic carbocycles. The van der Waals surface area contributed by atoms with E-state index in [4.69, 9.17) is 0 Å². The highest BCUT2D eigenvalue weighted by Crippen LogP contribution is 2.26. The molecule has 0 spiro atoms. The SMILES string of the molecule is O=S(=O)(Nc1ccncn1)c1c(F)cc(NCc2ccccc2CN2CCC2)cc1F. The molecule has 0 saturated carbocycles. The summed E-state index contributed by atoms with van der Waals surface area (Å²) < 4.78 is 56.1. The molecule has 1 aliphatic heterocycles. The zero-order chi connectivity index (χ0) is 21.8. The number of anilines is 2. The predicted molar refractivity (Wildman–Crippen MR) is 113 cm³/mol. The lowest BCUT2D eigenvalue weighted by atomic mass is 10.1. The molecule has 4 rings (SSSR count). The summed E-state index contributed by atoms with van der Waals surface area (Å²) in [5.41, 5.74) is 2.30. The zero-order valence-corrected chi connectivity index (χ0v) is 17.4. The van der Waals surface area contributed by atoms with Crippen molar-refractivity contribution in [1.29, 1.82) is 0 Å². The molecule has 3 aromatic rings. The van der Waals surface area contributed by atoms with Crippen LogP contribution in [0.25, 0.3) is 0 Å². The molecule has 162 valence electrons. The number of hydrogen-bond donors (Lipinski definition) is 2. The van der Waals surface area contributed by atoms with E-state index in [0.717, 1.165) is 49.2 Å². The molecule has 7 nitrogen and oxygen atoms in total. The molecule has 0 unspecified atom stereocenters. The lowest BCUT2D eigenvalue weighted by Crippen LogP contribution is -2.36. The normalized spacial score (nSPS) is 14.1. The first-order valence-corrected chi connectivity index (χ1v) is 11.2. The first-order valence-electron chi connectivity index (χ1n) is 9.73. The van der Waals surface area contributed by atoms with Crippen molar-refractivity contribution in [2.75, 3.05) is 23.1 Å². The zero-order valence-electron chi connectivity index (χ0n) is 16.6. The number of hydrogen-bond acceptors (Lipinski definition) is 6. The quantitative estimate of drug-likeness (QED) is 0.553. The van der Waals surface area contributed by atoms with Crippen LogP contribution in [-0.2, 0) is 23.1 Å². The highest BCUT2D eigenvalue weighted by atomic mass is 32.2. The van der Waals surface area contributed by atoms with Gasteiger partial charge in [0.1, 0.15) is 23.8 Å². The van der Waals surface area contributed by atoms with E-state index in [-0.39, 0.29) is 11.5 Å². The van der Waals surface area contributed by atoms with E-state index in [9.17, 15) is 17.2 Å². The summed E-state index contributed by atoms with van der Waals surface area (Å²) in [5.74, 6) is -2.48. The number of nitrogens with one attached hydrogen (secondary N) is 2. The van der Waals surface area contributed by atoms with Crippen LogP contribution in [0.1, 0.15) is 17.5 Å². The van der Waals surface area contributed by atoms with Crippen LogP contribution in [0.3, 0.4) is 0 Å². The summed E-state index contributed by atoms with van der Waals surface area (Å²) in [6.07, 6.45) is 3.63. The first-order chi connectivity index (χ1) is 14.9. The second-order valence-corrected chi connectivity index (χ2v) is 8.84. The minimum Gasteiger partial charge on any atom is -0.381 e. The number of sulfonamides is 1. The third-order valence-corrected chi connectivity index (χ3v) is 6.44. The minimum absolute atomic E-state index is 0.0881. The Kier molecular flexibility index (Phi) is 6.10. The van der Waals surface area contributed by atoms with Crippen LogP contribution in [0.5, 0.6) is 0 Å². The van der Waals surface area contributed by atoms with E-state index >= 15 is 0 Å². The number of benzene rings is 2. The van der Waals surface area contributed by atoms with Gasteiger partial charge in [-0.2, -0.15) is 0 Å². The van der Waals surface area contributed by atoms with Gasteiger partial charge in [0.2, 0.25) is 0 Å². The lowest BCUT2D eigenvalue weighted by Gasteiger charge is -2.31. The van der Waals surface area contributed by atoms with Crippen LogP contribution in [-0.4, -0.2) is 36.4 Å². The van der Waals surface area contributed by atoms with Crippen LogP contribution in [0.2, 0.25) is 0 Å². The molecule has 0 amide bonds. The van der Waals surface area contributed by atoms with Gasteiger partial charge in [-0.3, -0.25) is 9.62 Å². The Morgan fingerprint density at radius 2 is 1.74 bits per heavy atom. The van der Waals surface area contributed by atoms with Crippen molar-refractivity contribution in [3.05, 3.63) is 77.8 Å². The molecule has 0 aliphatic carbocycles. The Labute approximate surface area is 179 Å². The van der Waals surface area contributed by atoms with Crippen LogP contribution in [0.15, 0.2) is 59.9 Å². The van der Waals surface area contributed by atoms with Crippen molar-refractivity contribution in [1.82, 2.24) is 14.9 Å². The second-order valence-electron chi connectivity index (χ2n) is 7.22. The molecule has 0 bridgehead atoms. The number of rotatable bonds is 8. The summed E-state index contributed by atoms with van der Waals surface area (Å²) in [5, 5.41) is 2.99. The second kappa shape index (κ2) is 8.94. The average molecular weight is 445 g/mol. The molecule has 10 heteroatoms.